The van der Waals surface area contributed by atoms with E-state index in [4.69, 9.17) is 4.74 Å². The Morgan fingerprint density at radius 3 is 3.00 bits per heavy atom. The Hall–Kier alpha value is -0.340. The highest BCUT2D eigenvalue weighted by Crippen LogP contribution is 2.07. The van der Waals surface area contributed by atoms with Gasteiger partial charge in [-0.2, -0.15) is 0 Å². The first-order valence-corrected chi connectivity index (χ1v) is 5.23. The Morgan fingerprint density at radius 1 is 1.38 bits per heavy atom. The van der Waals surface area contributed by atoms with Gasteiger partial charge in [-0.05, 0) is 33.1 Å². The molecular weight excluding hydrogens is 162 g/mol. The minimum Gasteiger partial charge on any atom is -0.381 e. The van der Waals surface area contributed by atoms with E-state index >= 15 is 0 Å². The minimum absolute atomic E-state index is 0.665. The largest absolute Gasteiger partial charge is 0.381 e. The van der Waals surface area contributed by atoms with Crippen molar-refractivity contribution >= 4 is 0 Å². The first-order chi connectivity index (χ1) is 6.29. The molecule has 0 bridgehead atoms. The summed E-state index contributed by atoms with van der Waals surface area (Å²) in [6.45, 7) is 7.15. The number of rotatable bonds is 3. The van der Waals surface area contributed by atoms with E-state index in [1.807, 2.05) is 0 Å². The van der Waals surface area contributed by atoms with Crippen LogP contribution in [0.3, 0.4) is 0 Å². The van der Waals surface area contributed by atoms with E-state index < -0.39 is 0 Å². The molecule has 2 heteroatoms. The van der Waals surface area contributed by atoms with Gasteiger partial charge in [-0.25, -0.2) is 0 Å². The van der Waals surface area contributed by atoms with Crippen molar-refractivity contribution in [3.8, 4) is 0 Å². The van der Waals surface area contributed by atoms with E-state index in [2.05, 4.69) is 25.2 Å². The third-order valence-electron chi connectivity index (χ3n) is 2.37. The molecule has 1 unspecified atom stereocenters. The van der Waals surface area contributed by atoms with E-state index in [1.54, 1.807) is 0 Å². The maximum absolute atomic E-state index is 5.40. The van der Waals surface area contributed by atoms with Crippen LogP contribution in [0.2, 0.25) is 0 Å². The smallest absolute Gasteiger partial charge is 0.0480 e. The first kappa shape index (κ1) is 10.7. The van der Waals surface area contributed by atoms with Crippen molar-refractivity contribution in [2.24, 2.45) is 0 Å². The van der Waals surface area contributed by atoms with Crippen molar-refractivity contribution < 1.29 is 4.74 Å². The second kappa shape index (κ2) is 6.17. The summed E-state index contributed by atoms with van der Waals surface area (Å²) in [5, 5.41) is 3.54. The Kier molecular flexibility index (Phi) is 5.09. The molecule has 2 nitrogen and oxygen atoms in total. The van der Waals surface area contributed by atoms with Gasteiger partial charge in [0.15, 0.2) is 0 Å². The van der Waals surface area contributed by atoms with Crippen molar-refractivity contribution in [3.05, 3.63) is 11.6 Å². The highest BCUT2D eigenvalue weighted by atomic mass is 16.5. The van der Waals surface area contributed by atoms with Crippen molar-refractivity contribution in [2.75, 3.05) is 19.8 Å². The van der Waals surface area contributed by atoms with Gasteiger partial charge in [-0.1, -0.05) is 11.6 Å². The van der Waals surface area contributed by atoms with Crippen LogP contribution < -0.4 is 5.32 Å². The molecule has 76 valence electrons. The van der Waals surface area contributed by atoms with Crippen LogP contribution in [0.5, 0.6) is 0 Å². The van der Waals surface area contributed by atoms with Crippen LogP contribution in [-0.2, 0) is 4.74 Å². The van der Waals surface area contributed by atoms with E-state index in [-0.39, 0.29) is 0 Å². The monoisotopic (exact) mass is 183 g/mol. The lowest BCUT2D eigenvalue weighted by molar-refractivity contribution is 0.143. The molecule has 1 atom stereocenters. The van der Waals surface area contributed by atoms with Gasteiger partial charge in [0.1, 0.15) is 0 Å². The van der Waals surface area contributed by atoms with Crippen molar-refractivity contribution in [3.63, 3.8) is 0 Å². The molecule has 0 aliphatic carbocycles. The van der Waals surface area contributed by atoms with Crippen LogP contribution >= 0.6 is 0 Å². The summed E-state index contributed by atoms with van der Waals surface area (Å²) in [5.41, 5.74) is 1.39. The molecule has 1 N–H and O–H groups in total. The summed E-state index contributed by atoms with van der Waals surface area (Å²) in [6.07, 6.45) is 5.87. The van der Waals surface area contributed by atoms with E-state index in [1.165, 1.54) is 18.4 Å². The molecule has 1 aliphatic heterocycles. The van der Waals surface area contributed by atoms with Crippen LogP contribution in [-0.4, -0.2) is 25.8 Å². The number of ether oxygens (including phenoxy) is 1. The van der Waals surface area contributed by atoms with Gasteiger partial charge >= 0.3 is 0 Å². The Balaban J connectivity index is 2.15. The molecule has 1 rings (SSSR count). The lowest BCUT2D eigenvalue weighted by Crippen LogP contribution is -2.29. The highest BCUT2D eigenvalue weighted by molar-refractivity contribution is 4.94. The third kappa shape index (κ3) is 5.06. The van der Waals surface area contributed by atoms with Crippen LogP contribution in [0, 0.1) is 0 Å². The molecule has 0 saturated carbocycles. The molecule has 1 fully saturated rings. The summed E-state index contributed by atoms with van der Waals surface area (Å²) in [4.78, 5) is 0. The molecule has 0 radical (unpaired) electrons. The number of hydrogen-bond donors (Lipinski definition) is 1. The molecular formula is C11H21NO. The summed E-state index contributed by atoms with van der Waals surface area (Å²) >= 11 is 0. The summed E-state index contributed by atoms with van der Waals surface area (Å²) < 4.78 is 5.40. The number of allylic oxidation sites excluding steroid dienone is 1. The second-order valence-electron chi connectivity index (χ2n) is 3.93. The van der Waals surface area contributed by atoms with Gasteiger partial charge in [0.05, 0.1) is 0 Å². The van der Waals surface area contributed by atoms with Crippen LogP contribution in [0.4, 0.5) is 0 Å². The van der Waals surface area contributed by atoms with Crippen LogP contribution in [0.25, 0.3) is 0 Å². The van der Waals surface area contributed by atoms with Gasteiger partial charge in [-0.3, -0.25) is 0 Å². The van der Waals surface area contributed by atoms with Gasteiger partial charge in [0.2, 0.25) is 0 Å². The topological polar surface area (TPSA) is 21.3 Å². The lowest BCUT2D eigenvalue weighted by atomic mass is 10.1. The summed E-state index contributed by atoms with van der Waals surface area (Å²) in [6, 6.07) is 0.665. The molecule has 0 aromatic rings. The zero-order valence-corrected chi connectivity index (χ0v) is 8.81. The van der Waals surface area contributed by atoms with Crippen molar-refractivity contribution in [1.82, 2.24) is 5.32 Å². The van der Waals surface area contributed by atoms with Crippen LogP contribution in [0.15, 0.2) is 11.6 Å². The molecule has 1 aliphatic rings. The molecule has 1 heterocycles. The van der Waals surface area contributed by atoms with Gasteiger partial charge < -0.3 is 10.1 Å². The average molecular weight is 183 g/mol. The van der Waals surface area contributed by atoms with Crippen molar-refractivity contribution in [1.29, 1.82) is 0 Å². The van der Waals surface area contributed by atoms with E-state index in [9.17, 15) is 0 Å². The van der Waals surface area contributed by atoms with E-state index in [0.717, 1.165) is 26.2 Å². The van der Waals surface area contributed by atoms with E-state index in [0.29, 0.717) is 6.04 Å². The maximum Gasteiger partial charge on any atom is 0.0480 e. The quantitative estimate of drug-likeness (QED) is 0.677. The second-order valence-corrected chi connectivity index (χ2v) is 3.93. The SMILES string of the molecule is CC(C)=CCNC1CCCOCC1. The third-order valence-corrected chi connectivity index (χ3v) is 2.37. The molecule has 0 aromatic carbocycles. The number of nitrogens with one attached hydrogen (secondary N) is 1. The Morgan fingerprint density at radius 2 is 2.23 bits per heavy atom. The fraction of sp³-hybridized carbons (Fsp3) is 0.818. The first-order valence-electron chi connectivity index (χ1n) is 5.23. The molecule has 0 amide bonds. The fourth-order valence-electron chi connectivity index (χ4n) is 1.54. The Labute approximate surface area is 81.4 Å². The normalized spacial score (nSPS) is 23.7. The summed E-state index contributed by atoms with van der Waals surface area (Å²) in [7, 11) is 0. The zero-order valence-electron chi connectivity index (χ0n) is 8.81. The summed E-state index contributed by atoms with van der Waals surface area (Å²) in [5.74, 6) is 0. The Bertz CT molecular complexity index is 153. The van der Waals surface area contributed by atoms with Gasteiger partial charge in [0.25, 0.3) is 0 Å². The standard InChI is InChI=1S/C11H21NO/c1-10(2)5-7-12-11-4-3-8-13-9-6-11/h5,11-12H,3-4,6-9H2,1-2H3. The predicted octanol–water partition coefficient (Wildman–Crippen LogP) is 2.11. The zero-order chi connectivity index (χ0) is 9.52. The highest BCUT2D eigenvalue weighted by Gasteiger charge is 2.10. The average Bonchev–Trinajstić information content (AvgIpc) is 2.32. The molecule has 1 saturated heterocycles. The molecule has 0 aromatic heterocycles. The minimum atomic E-state index is 0.665. The maximum atomic E-state index is 5.40. The van der Waals surface area contributed by atoms with Gasteiger partial charge in [-0.15, -0.1) is 0 Å². The fourth-order valence-corrected chi connectivity index (χ4v) is 1.54. The molecule has 0 spiro atoms. The van der Waals surface area contributed by atoms with Crippen molar-refractivity contribution in [2.45, 2.75) is 39.2 Å². The lowest BCUT2D eigenvalue weighted by Gasteiger charge is -2.13. The van der Waals surface area contributed by atoms with Gasteiger partial charge in [0, 0.05) is 25.8 Å². The van der Waals surface area contributed by atoms with Crippen LogP contribution in [0.1, 0.15) is 33.1 Å². The number of hydrogen-bond acceptors (Lipinski definition) is 2. The molecule has 13 heavy (non-hydrogen) atoms. The predicted molar refractivity (Wildman–Crippen MR) is 55.9 cm³/mol.